The summed E-state index contributed by atoms with van der Waals surface area (Å²) in [7, 11) is 0. The van der Waals surface area contributed by atoms with Gasteiger partial charge in [-0.25, -0.2) is 9.78 Å². The van der Waals surface area contributed by atoms with Gasteiger partial charge >= 0.3 is 5.97 Å². The van der Waals surface area contributed by atoms with E-state index in [1.165, 1.54) is 11.3 Å². The summed E-state index contributed by atoms with van der Waals surface area (Å²) in [5, 5.41) is 3.75. The molecule has 0 aromatic carbocycles. The summed E-state index contributed by atoms with van der Waals surface area (Å²) in [6, 6.07) is 0.255. The predicted octanol–water partition coefficient (Wildman–Crippen LogP) is 2.11. The van der Waals surface area contributed by atoms with Crippen molar-refractivity contribution in [2.75, 3.05) is 17.7 Å². The monoisotopic (exact) mass is 243 g/mol. The van der Waals surface area contributed by atoms with Crippen LogP contribution in [0.3, 0.4) is 0 Å². The van der Waals surface area contributed by atoms with Crippen molar-refractivity contribution < 1.29 is 9.53 Å². The number of thiazole rings is 1. The van der Waals surface area contributed by atoms with E-state index in [9.17, 15) is 4.79 Å². The Balaban J connectivity index is 2.73. The molecule has 1 aromatic rings. The highest BCUT2D eigenvalue weighted by Gasteiger charge is 2.17. The van der Waals surface area contributed by atoms with Gasteiger partial charge in [-0.2, -0.15) is 0 Å². The molecule has 0 aliphatic rings. The molecule has 5 nitrogen and oxygen atoms in total. The highest BCUT2D eigenvalue weighted by atomic mass is 32.1. The number of nitrogen functional groups attached to an aromatic ring is 1. The molecule has 0 atom stereocenters. The summed E-state index contributed by atoms with van der Waals surface area (Å²) in [5.74, 6) is -0.164. The smallest absolute Gasteiger partial charge is 0.352 e. The summed E-state index contributed by atoms with van der Waals surface area (Å²) >= 11 is 1.22. The minimum Gasteiger partial charge on any atom is -0.461 e. The van der Waals surface area contributed by atoms with E-state index >= 15 is 0 Å². The Morgan fingerprint density at radius 3 is 2.88 bits per heavy atom. The van der Waals surface area contributed by atoms with E-state index in [2.05, 4.69) is 10.3 Å². The van der Waals surface area contributed by atoms with Gasteiger partial charge in [0.25, 0.3) is 0 Å². The lowest BCUT2D eigenvalue weighted by Crippen LogP contribution is -2.09. The third-order valence-electron chi connectivity index (χ3n) is 1.69. The van der Waals surface area contributed by atoms with E-state index in [0.717, 1.165) is 6.42 Å². The number of aromatic nitrogens is 1. The van der Waals surface area contributed by atoms with Gasteiger partial charge in [0, 0.05) is 6.04 Å². The number of anilines is 2. The van der Waals surface area contributed by atoms with Crippen LogP contribution in [0.15, 0.2) is 0 Å². The molecule has 0 saturated carbocycles. The van der Waals surface area contributed by atoms with Crippen molar-refractivity contribution in [2.45, 2.75) is 33.2 Å². The molecule has 1 heterocycles. The van der Waals surface area contributed by atoms with Crippen molar-refractivity contribution in [1.82, 2.24) is 4.98 Å². The summed E-state index contributed by atoms with van der Waals surface area (Å²) in [4.78, 5) is 16.0. The molecular formula is C10H17N3O2S. The Morgan fingerprint density at radius 1 is 1.62 bits per heavy atom. The fraction of sp³-hybridized carbons (Fsp3) is 0.600. The molecule has 0 radical (unpaired) electrons. The van der Waals surface area contributed by atoms with E-state index < -0.39 is 5.97 Å². The van der Waals surface area contributed by atoms with Gasteiger partial charge in [-0.1, -0.05) is 18.3 Å². The van der Waals surface area contributed by atoms with Crippen LogP contribution in [0.5, 0.6) is 0 Å². The van der Waals surface area contributed by atoms with E-state index in [-0.39, 0.29) is 11.9 Å². The number of esters is 1. The number of nitrogens with zero attached hydrogens (tertiary/aromatic N) is 1. The van der Waals surface area contributed by atoms with Crippen LogP contribution in [0, 0.1) is 0 Å². The van der Waals surface area contributed by atoms with E-state index in [1.807, 2.05) is 20.8 Å². The molecule has 1 rings (SSSR count). The van der Waals surface area contributed by atoms with Gasteiger partial charge in [-0.15, -0.1) is 0 Å². The zero-order valence-corrected chi connectivity index (χ0v) is 10.6. The van der Waals surface area contributed by atoms with Crippen molar-refractivity contribution in [1.29, 1.82) is 0 Å². The highest BCUT2D eigenvalue weighted by molar-refractivity contribution is 7.17. The molecule has 0 spiro atoms. The van der Waals surface area contributed by atoms with Gasteiger partial charge in [-0.05, 0) is 20.3 Å². The number of carbonyl (C=O) groups is 1. The summed E-state index contributed by atoms with van der Waals surface area (Å²) in [6.45, 7) is 6.33. The molecule has 0 bridgehead atoms. The first-order valence-corrected chi connectivity index (χ1v) is 6.06. The standard InChI is InChI=1S/C10H17N3O2S/c1-4-5-15-9(14)7-8(11)13-10(16-7)12-6(2)3/h6H,4-5,11H2,1-3H3,(H,12,13). The molecule has 0 unspecified atom stereocenters. The van der Waals surface area contributed by atoms with Crippen molar-refractivity contribution in [2.24, 2.45) is 0 Å². The minimum absolute atomic E-state index is 0.231. The lowest BCUT2D eigenvalue weighted by atomic mass is 10.4. The lowest BCUT2D eigenvalue weighted by Gasteiger charge is -2.03. The normalized spacial score (nSPS) is 10.5. The van der Waals surface area contributed by atoms with Crippen molar-refractivity contribution in [3.05, 3.63) is 4.88 Å². The Labute approximate surface area is 99.0 Å². The van der Waals surface area contributed by atoms with Gasteiger partial charge in [-0.3, -0.25) is 0 Å². The Hall–Kier alpha value is -1.30. The van der Waals surface area contributed by atoms with Crippen molar-refractivity contribution in [3.8, 4) is 0 Å². The Bertz CT molecular complexity index is 363. The molecule has 0 aliphatic carbocycles. The van der Waals surface area contributed by atoms with Gasteiger partial charge in [0.2, 0.25) is 0 Å². The van der Waals surface area contributed by atoms with Crippen LogP contribution in [0.1, 0.15) is 36.9 Å². The van der Waals surface area contributed by atoms with Gasteiger partial charge < -0.3 is 15.8 Å². The van der Waals surface area contributed by atoms with E-state index in [1.54, 1.807) is 0 Å². The number of nitrogens with two attached hydrogens (primary N) is 1. The first-order valence-electron chi connectivity index (χ1n) is 5.24. The van der Waals surface area contributed by atoms with Gasteiger partial charge in [0.05, 0.1) is 6.61 Å². The van der Waals surface area contributed by atoms with Crippen molar-refractivity contribution >= 4 is 28.3 Å². The maximum atomic E-state index is 11.6. The summed E-state index contributed by atoms with van der Waals surface area (Å²) < 4.78 is 5.00. The topological polar surface area (TPSA) is 77.2 Å². The Kier molecular flexibility index (Phi) is 4.54. The predicted molar refractivity (Wildman–Crippen MR) is 65.9 cm³/mol. The van der Waals surface area contributed by atoms with Crippen LogP contribution in [-0.2, 0) is 4.74 Å². The molecule has 1 aromatic heterocycles. The number of rotatable bonds is 5. The second-order valence-corrected chi connectivity index (χ2v) is 4.67. The molecule has 16 heavy (non-hydrogen) atoms. The van der Waals surface area contributed by atoms with E-state index in [4.69, 9.17) is 10.5 Å². The molecular weight excluding hydrogens is 226 g/mol. The fourth-order valence-electron chi connectivity index (χ4n) is 1.05. The molecule has 3 N–H and O–H groups in total. The SMILES string of the molecule is CCCOC(=O)c1sc(NC(C)C)nc1N. The average molecular weight is 243 g/mol. The van der Waals surface area contributed by atoms with Crippen LogP contribution < -0.4 is 11.1 Å². The van der Waals surface area contributed by atoms with Gasteiger partial charge in [0.15, 0.2) is 15.8 Å². The molecule has 90 valence electrons. The highest BCUT2D eigenvalue weighted by Crippen LogP contribution is 2.26. The Morgan fingerprint density at radius 2 is 2.31 bits per heavy atom. The van der Waals surface area contributed by atoms with Crippen LogP contribution in [-0.4, -0.2) is 23.6 Å². The average Bonchev–Trinajstić information content (AvgIpc) is 2.54. The molecule has 0 saturated heterocycles. The van der Waals surface area contributed by atoms with Gasteiger partial charge in [0.1, 0.15) is 0 Å². The molecule has 6 heteroatoms. The minimum atomic E-state index is -0.395. The molecule has 0 fully saturated rings. The zero-order valence-electron chi connectivity index (χ0n) is 9.74. The zero-order chi connectivity index (χ0) is 12.1. The van der Waals surface area contributed by atoms with Crippen LogP contribution in [0.25, 0.3) is 0 Å². The quantitative estimate of drug-likeness (QED) is 0.774. The molecule has 0 aliphatic heterocycles. The van der Waals surface area contributed by atoms with Crippen LogP contribution in [0.2, 0.25) is 0 Å². The van der Waals surface area contributed by atoms with Crippen molar-refractivity contribution in [3.63, 3.8) is 0 Å². The second-order valence-electron chi connectivity index (χ2n) is 3.67. The first kappa shape index (κ1) is 12.8. The maximum Gasteiger partial charge on any atom is 0.352 e. The largest absolute Gasteiger partial charge is 0.461 e. The number of ether oxygens (including phenoxy) is 1. The third kappa shape index (κ3) is 3.37. The third-order valence-corrected chi connectivity index (χ3v) is 2.67. The number of hydrogen-bond donors (Lipinski definition) is 2. The fourth-order valence-corrected chi connectivity index (χ4v) is 1.97. The number of carbonyl (C=O) groups excluding carboxylic acids is 1. The first-order chi connectivity index (χ1) is 7.54. The van der Waals surface area contributed by atoms with Crippen LogP contribution >= 0.6 is 11.3 Å². The number of nitrogens with one attached hydrogen (secondary N) is 1. The summed E-state index contributed by atoms with van der Waals surface area (Å²) in [6.07, 6.45) is 0.793. The van der Waals surface area contributed by atoms with Crippen LogP contribution in [0.4, 0.5) is 10.9 Å². The molecule has 0 amide bonds. The maximum absolute atomic E-state index is 11.6. The second kappa shape index (κ2) is 5.69. The lowest BCUT2D eigenvalue weighted by molar-refractivity contribution is 0.0512. The summed E-state index contributed by atoms with van der Waals surface area (Å²) in [5.41, 5.74) is 5.65. The number of hydrogen-bond acceptors (Lipinski definition) is 6. The van der Waals surface area contributed by atoms with E-state index in [0.29, 0.717) is 16.6 Å².